The van der Waals surface area contributed by atoms with E-state index in [1.54, 1.807) is 24.5 Å². The zero-order chi connectivity index (χ0) is 13.0. The minimum Gasteiger partial charge on any atom is -0.478 e. The summed E-state index contributed by atoms with van der Waals surface area (Å²) in [7, 11) is 0. The van der Waals surface area contributed by atoms with Gasteiger partial charge >= 0.3 is 5.97 Å². The summed E-state index contributed by atoms with van der Waals surface area (Å²) in [5.74, 6) is -1.00. The summed E-state index contributed by atoms with van der Waals surface area (Å²) in [6.07, 6.45) is 3.40. The lowest BCUT2D eigenvalue weighted by Crippen LogP contribution is -2.09. The monoisotopic (exact) mass is 243 g/mol. The first kappa shape index (κ1) is 11.9. The lowest BCUT2D eigenvalue weighted by atomic mass is 10.1. The second-order valence-electron chi connectivity index (χ2n) is 3.79. The highest BCUT2D eigenvalue weighted by atomic mass is 16.4. The first-order chi connectivity index (χ1) is 8.68. The number of para-hydroxylation sites is 1. The van der Waals surface area contributed by atoms with Gasteiger partial charge in [0.25, 0.3) is 0 Å². The van der Waals surface area contributed by atoms with Gasteiger partial charge in [0, 0.05) is 18.9 Å². The molecule has 5 heteroatoms. The summed E-state index contributed by atoms with van der Waals surface area (Å²) >= 11 is 0. The van der Waals surface area contributed by atoms with E-state index in [2.05, 4.69) is 10.3 Å². The van der Waals surface area contributed by atoms with Crippen LogP contribution in [0.3, 0.4) is 0 Å². The molecule has 1 aromatic carbocycles. The number of carbonyl (C=O) groups is 1. The molecule has 0 spiro atoms. The standard InChI is InChI=1S/C13H13N3O2/c14-11-5-1-4-10(13(17)18)12(11)16-8-9-3-2-6-15-7-9/h1-7,16H,8,14H2,(H,17,18). The van der Waals surface area contributed by atoms with Gasteiger partial charge in [-0.15, -0.1) is 0 Å². The number of nitrogen functional groups attached to an aromatic ring is 1. The Morgan fingerprint density at radius 3 is 2.83 bits per heavy atom. The van der Waals surface area contributed by atoms with Gasteiger partial charge in [-0.05, 0) is 23.8 Å². The van der Waals surface area contributed by atoms with Crippen molar-refractivity contribution in [3.63, 3.8) is 0 Å². The van der Waals surface area contributed by atoms with Crippen molar-refractivity contribution < 1.29 is 9.90 Å². The van der Waals surface area contributed by atoms with Gasteiger partial charge in [-0.2, -0.15) is 0 Å². The van der Waals surface area contributed by atoms with Crippen molar-refractivity contribution in [1.29, 1.82) is 0 Å². The van der Waals surface area contributed by atoms with Crippen molar-refractivity contribution in [3.05, 3.63) is 53.9 Å². The third-order valence-corrected chi connectivity index (χ3v) is 2.52. The summed E-state index contributed by atoms with van der Waals surface area (Å²) in [4.78, 5) is 15.1. The number of rotatable bonds is 4. The van der Waals surface area contributed by atoms with Crippen LogP contribution in [-0.2, 0) is 6.54 Å². The minimum absolute atomic E-state index is 0.166. The molecule has 0 aliphatic heterocycles. The first-order valence-electron chi connectivity index (χ1n) is 5.43. The second kappa shape index (κ2) is 5.18. The molecular formula is C13H13N3O2. The van der Waals surface area contributed by atoms with Crippen molar-refractivity contribution >= 4 is 17.3 Å². The van der Waals surface area contributed by atoms with Crippen LogP contribution in [0.1, 0.15) is 15.9 Å². The van der Waals surface area contributed by atoms with E-state index in [0.29, 0.717) is 17.9 Å². The van der Waals surface area contributed by atoms with Crippen LogP contribution in [0, 0.1) is 0 Å². The maximum Gasteiger partial charge on any atom is 0.337 e. The van der Waals surface area contributed by atoms with Crippen molar-refractivity contribution in [1.82, 2.24) is 4.98 Å². The molecule has 2 rings (SSSR count). The molecule has 0 aliphatic carbocycles. The van der Waals surface area contributed by atoms with Gasteiger partial charge < -0.3 is 16.2 Å². The van der Waals surface area contributed by atoms with Gasteiger partial charge in [0.05, 0.1) is 16.9 Å². The average molecular weight is 243 g/mol. The van der Waals surface area contributed by atoms with Crippen molar-refractivity contribution in [2.24, 2.45) is 0 Å². The van der Waals surface area contributed by atoms with E-state index in [1.165, 1.54) is 6.07 Å². The fourth-order valence-corrected chi connectivity index (χ4v) is 1.64. The number of hydrogen-bond acceptors (Lipinski definition) is 4. The van der Waals surface area contributed by atoms with Gasteiger partial charge in [0.15, 0.2) is 0 Å². The van der Waals surface area contributed by atoms with Crippen LogP contribution in [0.15, 0.2) is 42.7 Å². The third kappa shape index (κ3) is 2.57. The number of carboxylic acid groups (broad SMARTS) is 1. The van der Waals surface area contributed by atoms with E-state index in [-0.39, 0.29) is 5.56 Å². The summed E-state index contributed by atoms with van der Waals surface area (Å²) in [5, 5.41) is 12.1. The molecule has 5 nitrogen and oxygen atoms in total. The normalized spacial score (nSPS) is 10.0. The fourth-order valence-electron chi connectivity index (χ4n) is 1.64. The summed E-state index contributed by atoms with van der Waals surface area (Å²) in [6.45, 7) is 0.475. The fraction of sp³-hybridized carbons (Fsp3) is 0.0769. The van der Waals surface area contributed by atoms with E-state index in [1.807, 2.05) is 12.1 Å². The van der Waals surface area contributed by atoms with Crippen LogP contribution < -0.4 is 11.1 Å². The molecule has 0 saturated heterocycles. The van der Waals surface area contributed by atoms with Crippen LogP contribution in [-0.4, -0.2) is 16.1 Å². The Hall–Kier alpha value is -2.56. The molecule has 0 atom stereocenters. The number of hydrogen-bond donors (Lipinski definition) is 3. The highest BCUT2D eigenvalue weighted by molar-refractivity contribution is 5.97. The molecule has 1 aromatic heterocycles. The van der Waals surface area contributed by atoms with Crippen molar-refractivity contribution in [2.45, 2.75) is 6.54 Å². The molecule has 0 unspecified atom stereocenters. The Balaban J connectivity index is 2.21. The lowest BCUT2D eigenvalue weighted by molar-refractivity contribution is 0.0698. The number of aromatic nitrogens is 1. The van der Waals surface area contributed by atoms with Crippen LogP contribution in [0.2, 0.25) is 0 Å². The van der Waals surface area contributed by atoms with Gasteiger partial charge in [-0.25, -0.2) is 4.79 Å². The predicted molar refractivity (Wildman–Crippen MR) is 69.4 cm³/mol. The van der Waals surface area contributed by atoms with Gasteiger partial charge in [0.2, 0.25) is 0 Å². The Bertz CT molecular complexity index is 555. The molecule has 4 N–H and O–H groups in total. The molecule has 0 saturated carbocycles. The maximum atomic E-state index is 11.1. The Morgan fingerprint density at radius 2 is 2.17 bits per heavy atom. The van der Waals surface area contributed by atoms with E-state index >= 15 is 0 Å². The first-order valence-corrected chi connectivity index (χ1v) is 5.43. The summed E-state index contributed by atoms with van der Waals surface area (Å²) < 4.78 is 0. The zero-order valence-corrected chi connectivity index (χ0v) is 9.63. The molecular weight excluding hydrogens is 230 g/mol. The molecule has 0 radical (unpaired) electrons. The second-order valence-corrected chi connectivity index (χ2v) is 3.79. The largest absolute Gasteiger partial charge is 0.478 e. The quantitative estimate of drug-likeness (QED) is 0.714. The third-order valence-electron chi connectivity index (χ3n) is 2.52. The van der Waals surface area contributed by atoms with E-state index in [9.17, 15) is 4.79 Å². The maximum absolute atomic E-state index is 11.1. The van der Waals surface area contributed by atoms with Crippen LogP contribution in [0.5, 0.6) is 0 Å². The van der Waals surface area contributed by atoms with Gasteiger partial charge in [-0.1, -0.05) is 12.1 Å². The van der Waals surface area contributed by atoms with Gasteiger partial charge in [0.1, 0.15) is 0 Å². The van der Waals surface area contributed by atoms with Crippen LogP contribution in [0.25, 0.3) is 0 Å². The predicted octanol–water partition coefficient (Wildman–Crippen LogP) is 1.97. The van der Waals surface area contributed by atoms with Crippen molar-refractivity contribution in [3.8, 4) is 0 Å². The van der Waals surface area contributed by atoms with Crippen LogP contribution >= 0.6 is 0 Å². The zero-order valence-electron chi connectivity index (χ0n) is 9.63. The SMILES string of the molecule is Nc1cccc(C(=O)O)c1NCc1cccnc1. The van der Waals surface area contributed by atoms with E-state index in [0.717, 1.165) is 5.56 Å². The smallest absolute Gasteiger partial charge is 0.337 e. The molecule has 18 heavy (non-hydrogen) atoms. The van der Waals surface area contributed by atoms with E-state index in [4.69, 9.17) is 10.8 Å². The van der Waals surface area contributed by atoms with Crippen molar-refractivity contribution in [2.75, 3.05) is 11.1 Å². The van der Waals surface area contributed by atoms with Gasteiger partial charge in [-0.3, -0.25) is 4.98 Å². The number of nitrogens with one attached hydrogen (secondary N) is 1. The molecule has 0 aliphatic rings. The molecule has 0 bridgehead atoms. The average Bonchev–Trinajstić information content (AvgIpc) is 2.38. The number of benzene rings is 1. The summed E-state index contributed by atoms with van der Waals surface area (Å²) in [5.41, 5.74) is 7.76. The highest BCUT2D eigenvalue weighted by Crippen LogP contribution is 2.24. The summed E-state index contributed by atoms with van der Waals surface area (Å²) in [6, 6.07) is 8.53. The number of aromatic carboxylic acids is 1. The molecule has 1 heterocycles. The highest BCUT2D eigenvalue weighted by Gasteiger charge is 2.11. The Morgan fingerprint density at radius 1 is 1.33 bits per heavy atom. The number of nitrogens with zero attached hydrogens (tertiary/aromatic N) is 1. The molecule has 0 amide bonds. The molecule has 2 aromatic rings. The number of nitrogens with two attached hydrogens (primary N) is 1. The Kier molecular flexibility index (Phi) is 3.43. The number of anilines is 2. The number of carboxylic acids is 1. The Labute approximate surface area is 104 Å². The lowest BCUT2D eigenvalue weighted by Gasteiger charge is -2.12. The van der Waals surface area contributed by atoms with E-state index < -0.39 is 5.97 Å². The topological polar surface area (TPSA) is 88.2 Å². The molecule has 92 valence electrons. The van der Waals surface area contributed by atoms with Crippen LogP contribution in [0.4, 0.5) is 11.4 Å². The molecule has 0 fully saturated rings. The number of pyridine rings is 1. The minimum atomic E-state index is -1.00.